The summed E-state index contributed by atoms with van der Waals surface area (Å²) < 4.78 is 0. The van der Waals surface area contributed by atoms with Gasteiger partial charge in [-0.05, 0) is 31.8 Å². The predicted molar refractivity (Wildman–Crippen MR) is 49.5 cm³/mol. The second-order valence-corrected chi connectivity index (χ2v) is 3.37. The Labute approximate surface area is 74.1 Å². The summed E-state index contributed by atoms with van der Waals surface area (Å²) in [5, 5.41) is 0. The van der Waals surface area contributed by atoms with Crippen molar-refractivity contribution in [1.29, 1.82) is 0 Å². The first-order chi connectivity index (χ1) is 5.86. The topological polar surface area (TPSA) is 38.5 Å². The lowest BCUT2D eigenvalue weighted by atomic mass is 9.98. The highest BCUT2D eigenvalue weighted by molar-refractivity contribution is 4.78. The van der Waals surface area contributed by atoms with Gasteiger partial charge in [0.25, 0.3) is 0 Å². The molecule has 0 bridgehead atoms. The smallest absolute Gasteiger partial charge is 0.0708 e. The SMILES string of the molecule is C=CCN1CCC(CON)CC1. The van der Waals surface area contributed by atoms with Crippen LogP contribution in [0.2, 0.25) is 0 Å². The van der Waals surface area contributed by atoms with Gasteiger partial charge in [-0.25, -0.2) is 5.90 Å². The third-order valence-electron chi connectivity index (χ3n) is 2.43. The molecule has 1 aliphatic heterocycles. The van der Waals surface area contributed by atoms with Gasteiger partial charge in [0.15, 0.2) is 0 Å². The van der Waals surface area contributed by atoms with Gasteiger partial charge in [-0.1, -0.05) is 6.08 Å². The summed E-state index contributed by atoms with van der Waals surface area (Å²) >= 11 is 0. The Hall–Kier alpha value is -0.380. The van der Waals surface area contributed by atoms with E-state index in [-0.39, 0.29) is 0 Å². The fourth-order valence-corrected chi connectivity index (χ4v) is 1.65. The molecule has 0 aromatic carbocycles. The molecule has 0 aromatic heterocycles. The number of piperidine rings is 1. The van der Waals surface area contributed by atoms with Crippen LogP contribution in [0.4, 0.5) is 0 Å². The maximum atomic E-state index is 5.02. The summed E-state index contributed by atoms with van der Waals surface area (Å²) in [6.07, 6.45) is 4.36. The van der Waals surface area contributed by atoms with Crippen LogP contribution in [-0.2, 0) is 4.84 Å². The van der Waals surface area contributed by atoms with Crippen molar-refractivity contribution in [2.75, 3.05) is 26.2 Å². The average Bonchev–Trinajstić information content (AvgIpc) is 2.09. The third-order valence-corrected chi connectivity index (χ3v) is 2.43. The number of hydrogen-bond acceptors (Lipinski definition) is 3. The molecule has 0 atom stereocenters. The van der Waals surface area contributed by atoms with Crippen LogP contribution in [0.25, 0.3) is 0 Å². The number of nitrogens with two attached hydrogens (primary N) is 1. The second kappa shape index (κ2) is 5.30. The van der Waals surface area contributed by atoms with Gasteiger partial charge in [0.2, 0.25) is 0 Å². The van der Waals surface area contributed by atoms with Crippen LogP contribution in [0.15, 0.2) is 12.7 Å². The molecule has 0 aromatic rings. The molecule has 3 nitrogen and oxygen atoms in total. The molecule has 1 rings (SSSR count). The maximum absolute atomic E-state index is 5.02. The van der Waals surface area contributed by atoms with E-state index in [1.165, 1.54) is 12.8 Å². The van der Waals surface area contributed by atoms with Crippen LogP contribution in [0.5, 0.6) is 0 Å². The standard InChI is InChI=1S/C9H18N2O/c1-2-5-11-6-3-9(4-7-11)8-12-10/h2,9H,1,3-8,10H2. The highest BCUT2D eigenvalue weighted by atomic mass is 16.6. The molecule has 1 fully saturated rings. The molecule has 1 saturated heterocycles. The molecule has 3 heteroatoms. The average molecular weight is 170 g/mol. The molecule has 1 aliphatic rings. The van der Waals surface area contributed by atoms with Crippen LogP contribution in [0, 0.1) is 5.92 Å². The highest BCUT2D eigenvalue weighted by Crippen LogP contribution is 2.16. The first kappa shape index (κ1) is 9.71. The van der Waals surface area contributed by atoms with Gasteiger partial charge in [0.05, 0.1) is 6.61 Å². The van der Waals surface area contributed by atoms with Crippen LogP contribution in [0.1, 0.15) is 12.8 Å². The van der Waals surface area contributed by atoms with E-state index in [1.54, 1.807) is 0 Å². The fourth-order valence-electron chi connectivity index (χ4n) is 1.65. The highest BCUT2D eigenvalue weighted by Gasteiger charge is 2.17. The molecule has 70 valence electrons. The summed E-state index contributed by atoms with van der Waals surface area (Å²) in [4.78, 5) is 7.04. The molecule has 0 amide bonds. The minimum Gasteiger partial charge on any atom is -0.304 e. The van der Waals surface area contributed by atoms with Gasteiger partial charge in [-0.2, -0.15) is 0 Å². The molecule has 0 spiro atoms. The number of likely N-dealkylation sites (tertiary alicyclic amines) is 1. The second-order valence-electron chi connectivity index (χ2n) is 3.37. The van der Waals surface area contributed by atoms with Crippen molar-refractivity contribution < 1.29 is 4.84 Å². The number of rotatable bonds is 4. The van der Waals surface area contributed by atoms with Gasteiger partial charge >= 0.3 is 0 Å². The minimum atomic E-state index is 0.663. The Bertz CT molecular complexity index is 130. The zero-order valence-electron chi connectivity index (χ0n) is 7.54. The van der Waals surface area contributed by atoms with Crippen molar-refractivity contribution in [1.82, 2.24) is 4.90 Å². The van der Waals surface area contributed by atoms with Crippen molar-refractivity contribution in [2.24, 2.45) is 11.8 Å². The molecule has 2 N–H and O–H groups in total. The van der Waals surface area contributed by atoms with E-state index < -0.39 is 0 Å². The minimum absolute atomic E-state index is 0.663. The van der Waals surface area contributed by atoms with Gasteiger partial charge < -0.3 is 4.84 Å². The maximum Gasteiger partial charge on any atom is 0.0708 e. The van der Waals surface area contributed by atoms with Gasteiger partial charge in [-0.3, -0.25) is 4.90 Å². The summed E-state index contributed by atoms with van der Waals surface area (Å²) in [5.41, 5.74) is 0. The Morgan fingerprint density at radius 2 is 2.17 bits per heavy atom. The molecule has 0 aliphatic carbocycles. The fraction of sp³-hybridized carbons (Fsp3) is 0.778. The Morgan fingerprint density at radius 1 is 1.50 bits per heavy atom. The lowest BCUT2D eigenvalue weighted by Crippen LogP contribution is -2.35. The van der Waals surface area contributed by atoms with Crippen LogP contribution < -0.4 is 5.90 Å². The van der Waals surface area contributed by atoms with Crippen molar-refractivity contribution in [3.8, 4) is 0 Å². The summed E-state index contributed by atoms with van der Waals surface area (Å²) in [6, 6.07) is 0. The van der Waals surface area contributed by atoms with E-state index >= 15 is 0 Å². The normalized spacial score (nSPS) is 21.1. The zero-order valence-corrected chi connectivity index (χ0v) is 7.54. The van der Waals surface area contributed by atoms with E-state index in [0.29, 0.717) is 12.5 Å². The molecular weight excluding hydrogens is 152 g/mol. The monoisotopic (exact) mass is 170 g/mol. The van der Waals surface area contributed by atoms with E-state index in [0.717, 1.165) is 19.6 Å². The largest absolute Gasteiger partial charge is 0.304 e. The Kier molecular flexibility index (Phi) is 4.29. The van der Waals surface area contributed by atoms with Crippen molar-refractivity contribution in [3.63, 3.8) is 0 Å². The van der Waals surface area contributed by atoms with E-state index in [4.69, 9.17) is 5.90 Å². The number of nitrogens with zero attached hydrogens (tertiary/aromatic N) is 1. The third kappa shape index (κ3) is 2.93. The van der Waals surface area contributed by atoms with Crippen LogP contribution in [0.3, 0.4) is 0 Å². The summed E-state index contributed by atoms with van der Waals surface area (Å²) in [7, 11) is 0. The van der Waals surface area contributed by atoms with Crippen molar-refractivity contribution >= 4 is 0 Å². The molecule has 0 unspecified atom stereocenters. The van der Waals surface area contributed by atoms with Crippen LogP contribution in [-0.4, -0.2) is 31.1 Å². The number of hydrogen-bond donors (Lipinski definition) is 1. The van der Waals surface area contributed by atoms with Crippen molar-refractivity contribution in [3.05, 3.63) is 12.7 Å². The van der Waals surface area contributed by atoms with E-state index in [9.17, 15) is 0 Å². The Balaban J connectivity index is 2.15. The van der Waals surface area contributed by atoms with Gasteiger partial charge in [0.1, 0.15) is 0 Å². The molecule has 0 radical (unpaired) electrons. The first-order valence-electron chi connectivity index (χ1n) is 4.51. The van der Waals surface area contributed by atoms with Crippen molar-refractivity contribution in [2.45, 2.75) is 12.8 Å². The summed E-state index contributed by atoms with van der Waals surface area (Å²) in [5.74, 6) is 5.69. The molecule has 0 saturated carbocycles. The molecule has 12 heavy (non-hydrogen) atoms. The lowest BCUT2D eigenvalue weighted by Gasteiger charge is -2.30. The summed E-state index contributed by atoms with van der Waals surface area (Å²) in [6.45, 7) is 7.75. The van der Waals surface area contributed by atoms with Gasteiger partial charge in [0, 0.05) is 6.54 Å². The Morgan fingerprint density at radius 3 is 2.67 bits per heavy atom. The quantitative estimate of drug-likeness (QED) is 0.500. The first-order valence-corrected chi connectivity index (χ1v) is 4.51. The predicted octanol–water partition coefficient (Wildman–Crippen LogP) is 0.775. The van der Waals surface area contributed by atoms with E-state index in [1.807, 2.05) is 6.08 Å². The zero-order chi connectivity index (χ0) is 8.81. The van der Waals surface area contributed by atoms with Gasteiger partial charge in [-0.15, -0.1) is 6.58 Å². The van der Waals surface area contributed by atoms with Crippen LogP contribution >= 0.6 is 0 Å². The molecule has 1 heterocycles. The lowest BCUT2D eigenvalue weighted by molar-refractivity contribution is 0.0701. The van der Waals surface area contributed by atoms with E-state index in [2.05, 4.69) is 16.3 Å². The molecular formula is C9H18N2O.